The van der Waals surface area contributed by atoms with Crippen LogP contribution in [0.2, 0.25) is 0 Å². The molecule has 152 valence electrons. The molecule has 1 N–H and O–H groups in total. The minimum absolute atomic E-state index is 0.111. The number of H-pyrrole nitrogens is 1. The van der Waals surface area contributed by atoms with Crippen molar-refractivity contribution in [3.05, 3.63) is 72.4 Å². The van der Waals surface area contributed by atoms with Gasteiger partial charge in [0.1, 0.15) is 5.82 Å². The molecule has 1 aliphatic rings. The number of hydrogen-bond acceptors (Lipinski definition) is 3. The minimum Gasteiger partial charge on any atom is -0.336 e. The fourth-order valence-electron chi connectivity index (χ4n) is 4.41. The maximum atomic E-state index is 13.5. The van der Waals surface area contributed by atoms with Crippen LogP contribution in [0.4, 0.5) is 4.39 Å². The summed E-state index contributed by atoms with van der Waals surface area (Å²) in [7, 11) is 0. The van der Waals surface area contributed by atoms with Crippen LogP contribution >= 0.6 is 0 Å². The molecule has 0 unspecified atom stereocenters. The van der Waals surface area contributed by atoms with Crippen LogP contribution in [0.25, 0.3) is 22.0 Å². The maximum Gasteiger partial charge on any atom is 0.254 e. The van der Waals surface area contributed by atoms with Crippen LogP contribution in [0.3, 0.4) is 0 Å². The van der Waals surface area contributed by atoms with E-state index in [0.717, 1.165) is 35.0 Å². The average molecular weight is 403 g/mol. The average Bonchev–Trinajstić information content (AvgIpc) is 3.48. The monoisotopic (exact) mass is 403 g/mol. The summed E-state index contributed by atoms with van der Waals surface area (Å²) in [6, 6.07) is 12.3. The molecule has 1 amide bonds. The number of likely N-dealkylation sites (tertiary alicyclic amines) is 1. The Morgan fingerprint density at radius 2 is 2.10 bits per heavy atom. The van der Waals surface area contributed by atoms with Crippen LogP contribution in [0.15, 0.2) is 61.1 Å². The highest BCUT2D eigenvalue weighted by Crippen LogP contribution is 2.28. The fraction of sp³-hybridized carbons (Fsp3) is 0.261. The Morgan fingerprint density at radius 1 is 1.20 bits per heavy atom. The summed E-state index contributed by atoms with van der Waals surface area (Å²) in [6.07, 6.45) is 6.45. The first-order chi connectivity index (χ1) is 14.6. The molecule has 1 saturated heterocycles. The number of amides is 1. The third-order valence-electron chi connectivity index (χ3n) is 5.90. The number of rotatable bonds is 4. The first kappa shape index (κ1) is 18.5. The van der Waals surface area contributed by atoms with Gasteiger partial charge in [0.15, 0.2) is 0 Å². The van der Waals surface area contributed by atoms with E-state index in [0.29, 0.717) is 18.0 Å². The second-order valence-electron chi connectivity index (χ2n) is 8.01. The standard InChI is InChI=1S/C23H22FN5O/c1-15-7-16(13-28(15)23(30)18-3-2-4-21(24)9-18)14-29-22-6-5-17(8-19(22)12-27-29)20-10-25-26-11-20/h2-6,8-12,15-16H,7,13-14H2,1H3,(H,25,26)/t15-,16-/m0/s1. The quantitative estimate of drug-likeness (QED) is 0.557. The van der Waals surface area contributed by atoms with Crippen molar-refractivity contribution in [1.82, 2.24) is 24.9 Å². The molecule has 0 saturated carbocycles. The highest BCUT2D eigenvalue weighted by atomic mass is 19.1. The van der Waals surface area contributed by atoms with Gasteiger partial charge in [-0.05, 0) is 55.2 Å². The highest BCUT2D eigenvalue weighted by Gasteiger charge is 2.33. The van der Waals surface area contributed by atoms with Crippen LogP contribution in [0, 0.1) is 11.7 Å². The number of halogens is 1. The number of carbonyl (C=O) groups is 1. The van der Waals surface area contributed by atoms with Gasteiger partial charge in [-0.2, -0.15) is 10.2 Å². The number of nitrogens with zero attached hydrogens (tertiary/aromatic N) is 4. The van der Waals surface area contributed by atoms with Gasteiger partial charge >= 0.3 is 0 Å². The Labute approximate surface area is 173 Å². The van der Waals surface area contributed by atoms with E-state index >= 15 is 0 Å². The summed E-state index contributed by atoms with van der Waals surface area (Å²) in [6.45, 7) is 3.44. The van der Waals surface area contributed by atoms with Gasteiger partial charge in [-0.3, -0.25) is 14.6 Å². The van der Waals surface area contributed by atoms with Crippen molar-refractivity contribution in [2.24, 2.45) is 5.92 Å². The van der Waals surface area contributed by atoms with Crippen molar-refractivity contribution in [1.29, 1.82) is 0 Å². The lowest BCUT2D eigenvalue weighted by Gasteiger charge is -2.21. The van der Waals surface area contributed by atoms with Crippen molar-refractivity contribution in [2.45, 2.75) is 25.9 Å². The van der Waals surface area contributed by atoms with Crippen LogP contribution < -0.4 is 0 Å². The van der Waals surface area contributed by atoms with Gasteiger partial charge in [0.05, 0.1) is 17.9 Å². The molecule has 0 radical (unpaired) electrons. The molecule has 0 aliphatic carbocycles. The number of nitrogens with one attached hydrogen (secondary N) is 1. The van der Waals surface area contributed by atoms with Gasteiger partial charge < -0.3 is 4.90 Å². The number of fused-ring (bicyclic) bond motifs is 1. The number of aromatic nitrogens is 4. The van der Waals surface area contributed by atoms with E-state index in [1.807, 2.05) is 22.0 Å². The van der Waals surface area contributed by atoms with Crippen molar-refractivity contribution < 1.29 is 9.18 Å². The van der Waals surface area contributed by atoms with Crippen molar-refractivity contribution in [3.63, 3.8) is 0 Å². The molecule has 0 spiro atoms. The lowest BCUT2D eigenvalue weighted by molar-refractivity contribution is 0.0741. The number of aromatic amines is 1. The van der Waals surface area contributed by atoms with E-state index in [1.54, 1.807) is 18.3 Å². The molecule has 5 rings (SSSR count). The smallest absolute Gasteiger partial charge is 0.254 e. The SMILES string of the molecule is C[C@H]1C[C@H](Cn2ncc3cc(-c4cn[nH]c4)ccc32)CN1C(=O)c1cccc(F)c1. The van der Waals surface area contributed by atoms with Crippen molar-refractivity contribution >= 4 is 16.8 Å². The topological polar surface area (TPSA) is 66.8 Å². The molecule has 1 aliphatic heterocycles. The molecule has 2 aromatic carbocycles. The van der Waals surface area contributed by atoms with E-state index in [9.17, 15) is 9.18 Å². The lowest BCUT2D eigenvalue weighted by Crippen LogP contribution is -2.34. The Balaban J connectivity index is 1.33. The predicted molar refractivity (Wildman–Crippen MR) is 112 cm³/mol. The zero-order valence-corrected chi connectivity index (χ0v) is 16.6. The third-order valence-corrected chi connectivity index (χ3v) is 5.90. The summed E-state index contributed by atoms with van der Waals surface area (Å²) < 4.78 is 15.5. The van der Waals surface area contributed by atoms with E-state index in [1.165, 1.54) is 12.1 Å². The summed E-state index contributed by atoms with van der Waals surface area (Å²) >= 11 is 0. The molecular formula is C23H22FN5O. The largest absolute Gasteiger partial charge is 0.336 e. The van der Waals surface area contributed by atoms with E-state index in [-0.39, 0.29) is 17.8 Å². The third kappa shape index (κ3) is 3.36. The highest BCUT2D eigenvalue weighted by molar-refractivity contribution is 5.94. The van der Waals surface area contributed by atoms with Gasteiger partial charge in [0.2, 0.25) is 0 Å². The first-order valence-corrected chi connectivity index (χ1v) is 10.1. The van der Waals surface area contributed by atoms with Crippen molar-refractivity contribution in [3.8, 4) is 11.1 Å². The fourth-order valence-corrected chi connectivity index (χ4v) is 4.41. The molecule has 1 fully saturated rings. The Hall–Kier alpha value is -3.48. The van der Waals surface area contributed by atoms with Crippen LogP contribution in [-0.4, -0.2) is 43.4 Å². The molecule has 7 heteroatoms. The Morgan fingerprint density at radius 3 is 2.90 bits per heavy atom. The molecule has 2 atom stereocenters. The van der Waals surface area contributed by atoms with Crippen LogP contribution in [-0.2, 0) is 6.54 Å². The van der Waals surface area contributed by atoms with Gasteiger partial charge in [0, 0.05) is 41.8 Å². The van der Waals surface area contributed by atoms with E-state index in [2.05, 4.69) is 40.4 Å². The van der Waals surface area contributed by atoms with Gasteiger partial charge in [-0.15, -0.1) is 0 Å². The second kappa shape index (κ2) is 7.40. The van der Waals surface area contributed by atoms with Gasteiger partial charge in [-0.25, -0.2) is 4.39 Å². The molecule has 30 heavy (non-hydrogen) atoms. The van der Waals surface area contributed by atoms with Crippen molar-refractivity contribution in [2.75, 3.05) is 6.54 Å². The number of carbonyl (C=O) groups excluding carboxylic acids is 1. The zero-order valence-electron chi connectivity index (χ0n) is 16.6. The molecule has 3 heterocycles. The summed E-state index contributed by atoms with van der Waals surface area (Å²) in [5, 5.41) is 12.5. The Kier molecular flexibility index (Phi) is 4.58. The minimum atomic E-state index is -0.387. The van der Waals surface area contributed by atoms with E-state index < -0.39 is 0 Å². The van der Waals surface area contributed by atoms with Crippen LogP contribution in [0.1, 0.15) is 23.7 Å². The Bertz CT molecular complexity index is 1200. The molecule has 4 aromatic rings. The van der Waals surface area contributed by atoms with Gasteiger partial charge in [-0.1, -0.05) is 12.1 Å². The summed E-state index contributed by atoms with van der Waals surface area (Å²) in [5.41, 5.74) is 3.61. The number of hydrogen-bond donors (Lipinski definition) is 1. The predicted octanol–water partition coefficient (Wildman–Crippen LogP) is 4.12. The normalized spacial score (nSPS) is 18.9. The van der Waals surface area contributed by atoms with Crippen LogP contribution in [0.5, 0.6) is 0 Å². The summed E-state index contributed by atoms with van der Waals surface area (Å²) in [4.78, 5) is 14.7. The van der Waals surface area contributed by atoms with E-state index in [4.69, 9.17) is 0 Å². The molecule has 6 nitrogen and oxygen atoms in total. The second-order valence-corrected chi connectivity index (χ2v) is 8.01. The zero-order chi connectivity index (χ0) is 20.7. The molecule has 0 bridgehead atoms. The number of benzene rings is 2. The first-order valence-electron chi connectivity index (χ1n) is 10.1. The lowest BCUT2D eigenvalue weighted by atomic mass is 10.1. The summed E-state index contributed by atoms with van der Waals surface area (Å²) in [5.74, 6) is -0.198. The molecule has 2 aromatic heterocycles. The maximum absolute atomic E-state index is 13.5. The molecular weight excluding hydrogens is 381 g/mol. The van der Waals surface area contributed by atoms with Gasteiger partial charge in [0.25, 0.3) is 5.91 Å².